The summed E-state index contributed by atoms with van der Waals surface area (Å²) in [6, 6.07) is 20.8. The first kappa shape index (κ1) is 23.3. The Kier molecular flexibility index (Phi) is 7.62. The van der Waals surface area contributed by atoms with E-state index in [2.05, 4.69) is 52.6 Å². The highest BCUT2D eigenvalue weighted by atomic mass is 35.5. The lowest BCUT2D eigenvalue weighted by Crippen LogP contribution is -2.41. The highest BCUT2D eigenvalue weighted by molar-refractivity contribution is 6.36. The van der Waals surface area contributed by atoms with Crippen molar-refractivity contribution >= 4 is 35.3 Å². The number of hydrogen-bond acceptors (Lipinski definition) is 5. The van der Waals surface area contributed by atoms with Crippen LogP contribution in [0.3, 0.4) is 0 Å². The van der Waals surface area contributed by atoms with Gasteiger partial charge in [0, 0.05) is 16.6 Å². The van der Waals surface area contributed by atoms with Gasteiger partial charge in [0.2, 0.25) is 0 Å². The zero-order valence-corrected chi connectivity index (χ0v) is 19.5. The molecule has 4 rings (SSSR count). The molecular weight excluding hydrogens is 459 g/mol. The Morgan fingerprint density at radius 2 is 1.85 bits per heavy atom. The first-order valence-corrected chi connectivity index (χ1v) is 11.3. The SMILES string of the molecule is Cc1ccc(COc2ccc(C3CC(C(=O)N/N=C/c4ccc(Cl)cc4Cl)NN3)cc2)cc1. The van der Waals surface area contributed by atoms with Crippen molar-refractivity contribution in [2.45, 2.75) is 32.0 Å². The maximum absolute atomic E-state index is 12.4. The van der Waals surface area contributed by atoms with E-state index in [0.29, 0.717) is 28.6 Å². The van der Waals surface area contributed by atoms with Crippen LogP contribution >= 0.6 is 23.2 Å². The Hall–Kier alpha value is -2.90. The lowest BCUT2D eigenvalue weighted by molar-refractivity contribution is -0.122. The third-order valence-electron chi connectivity index (χ3n) is 5.37. The molecule has 1 amide bonds. The fraction of sp³-hybridized carbons (Fsp3) is 0.200. The van der Waals surface area contributed by atoms with Gasteiger partial charge in [0.15, 0.2) is 0 Å². The second-order valence-electron chi connectivity index (χ2n) is 7.87. The number of nitrogens with one attached hydrogen (secondary N) is 3. The Morgan fingerprint density at radius 1 is 1.09 bits per heavy atom. The molecule has 3 aromatic carbocycles. The molecule has 0 aliphatic carbocycles. The molecule has 3 N–H and O–H groups in total. The summed E-state index contributed by atoms with van der Waals surface area (Å²) in [6.07, 6.45) is 2.08. The minimum atomic E-state index is -0.412. The van der Waals surface area contributed by atoms with Crippen molar-refractivity contribution in [2.24, 2.45) is 5.10 Å². The van der Waals surface area contributed by atoms with Gasteiger partial charge in [-0.3, -0.25) is 4.79 Å². The minimum Gasteiger partial charge on any atom is -0.489 e. The molecule has 3 aromatic rings. The molecule has 33 heavy (non-hydrogen) atoms. The van der Waals surface area contributed by atoms with Crippen molar-refractivity contribution in [1.82, 2.24) is 16.3 Å². The van der Waals surface area contributed by atoms with Crippen molar-refractivity contribution in [1.29, 1.82) is 0 Å². The molecule has 8 heteroatoms. The molecule has 1 heterocycles. The largest absolute Gasteiger partial charge is 0.489 e. The molecule has 1 fully saturated rings. The fourth-order valence-corrected chi connectivity index (χ4v) is 3.90. The van der Waals surface area contributed by atoms with Gasteiger partial charge in [-0.15, -0.1) is 0 Å². The third kappa shape index (κ3) is 6.33. The van der Waals surface area contributed by atoms with Crippen LogP contribution in [0.1, 0.15) is 34.7 Å². The van der Waals surface area contributed by atoms with Crippen molar-refractivity contribution < 1.29 is 9.53 Å². The Balaban J connectivity index is 1.26. The van der Waals surface area contributed by atoms with E-state index < -0.39 is 6.04 Å². The Morgan fingerprint density at radius 3 is 2.58 bits per heavy atom. The summed E-state index contributed by atoms with van der Waals surface area (Å²) in [7, 11) is 0. The van der Waals surface area contributed by atoms with Crippen LogP contribution in [0.5, 0.6) is 5.75 Å². The van der Waals surface area contributed by atoms with Gasteiger partial charge in [0.05, 0.1) is 11.2 Å². The number of carbonyl (C=O) groups excluding carboxylic acids is 1. The predicted octanol–water partition coefficient (Wildman–Crippen LogP) is 4.94. The number of carbonyl (C=O) groups is 1. The summed E-state index contributed by atoms with van der Waals surface area (Å²) in [4.78, 5) is 12.4. The van der Waals surface area contributed by atoms with Gasteiger partial charge < -0.3 is 4.74 Å². The number of hydrogen-bond donors (Lipinski definition) is 3. The smallest absolute Gasteiger partial charge is 0.258 e. The number of aryl methyl sites for hydroxylation is 1. The van der Waals surface area contributed by atoms with Gasteiger partial charge in [-0.05, 0) is 48.7 Å². The molecule has 1 saturated heterocycles. The van der Waals surface area contributed by atoms with E-state index in [-0.39, 0.29) is 11.9 Å². The second-order valence-corrected chi connectivity index (χ2v) is 8.72. The topological polar surface area (TPSA) is 74.8 Å². The van der Waals surface area contributed by atoms with Gasteiger partial charge in [0.25, 0.3) is 5.91 Å². The number of hydrazine groups is 1. The lowest BCUT2D eigenvalue weighted by atomic mass is 10.0. The molecule has 1 aliphatic heterocycles. The van der Waals surface area contributed by atoms with Crippen LogP contribution < -0.4 is 21.0 Å². The molecule has 0 aromatic heterocycles. The average Bonchev–Trinajstić information content (AvgIpc) is 3.31. The van der Waals surface area contributed by atoms with Crippen molar-refractivity contribution in [2.75, 3.05) is 0 Å². The molecule has 2 atom stereocenters. The van der Waals surface area contributed by atoms with Gasteiger partial charge in [-0.25, -0.2) is 16.3 Å². The zero-order chi connectivity index (χ0) is 23.2. The highest BCUT2D eigenvalue weighted by Crippen LogP contribution is 2.25. The van der Waals surface area contributed by atoms with Gasteiger partial charge in [-0.2, -0.15) is 5.10 Å². The van der Waals surface area contributed by atoms with Crippen LogP contribution in [-0.4, -0.2) is 18.2 Å². The highest BCUT2D eigenvalue weighted by Gasteiger charge is 2.30. The van der Waals surface area contributed by atoms with Crippen molar-refractivity contribution in [3.05, 3.63) is 99.0 Å². The number of nitrogens with zero attached hydrogens (tertiary/aromatic N) is 1. The number of halogens is 2. The van der Waals surface area contributed by atoms with E-state index in [0.717, 1.165) is 16.9 Å². The monoisotopic (exact) mass is 482 g/mol. The maximum Gasteiger partial charge on any atom is 0.258 e. The van der Waals surface area contributed by atoms with E-state index in [1.54, 1.807) is 18.2 Å². The van der Waals surface area contributed by atoms with E-state index in [1.807, 2.05) is 24.3 Å². The number of amides is 1. The van der Waals surface area contributed by atoms with Gasteiger partial charge >= 0.3 is 0 Å². The van der Waals surface area contributed by atoms with Gasteiger partial charge in [0.1, 0.15) is 18.4 Å². The van der Waals surface area contributed by atoms with E-state index in [4.69, 9.17) is 27.9 Å². The zero-order valence-electron chi connectivity index (χ0n) is 18.0. The van der Waals surface area contributed by atoms with Crippen LogP contribution in [-0.2, 0) is 11.4 Å². The molecular formula is C25H24Cl2N4O2. The summed E-state index contributed by atoms with van der Waals surface area (Å²) in [5.74, 6) is 0.569. The number of rotatable bonds is 7. The predicted molar refractivity (Wildman–Crippen MR) is 132 cm³/mol. The van der Waals surface area contributed by atoms with Crippen molar-refractivity contribution in [3.8, 4) is 5.75 Å². The molecule has 0 spiro atoms. The van der Waals surface area contributed by atoms with E-state index >= 15 is 0 Å². The van der Waals surface area contributed by atoms with Crippen LogP contribution in [0.4, 0.5) is 0 Å². The van der Waals surface area contributed by atoms with Crippen LogP contribution in [0.25, 0.3) is 0 Å². The molecule has 0 bridgehead atoms. The molecule has 0 radical (unpaired) electrons. The quantitative estimate of drug-likeness (QED) is 0.329. The van der Waals surface area contributed by atoms with Crippen LogP contribution in [0.15, 0.2) is 71.8 Å². The molecule has 6 nitrogen and oxygen atoms in total. The average molecular weight is 483 g/mol. The van der Waals surface area contributed by atoms with Crippen molar-refractivity contribution in [3.63, 3.8) is 0 Å². The normalized spacial score (nSPS) is 17.9. The van der Waals surface area contributed by atoms with E-state index in [9.17, 15) is 4.79 Å². The Labute approximate surface area is 202 Å². The summed E-state index contributed by atoms with van der Waals surface area (Å²) < 4.78 is 5.87. The summed E-state index contributed by atoms with van der Waals surface area (Å²) >= 11 is 12.0. The maximum atomic E-state index is 12.4. The second kappa shape index (κ2) is 10.8. The number of hydrazone groups is 1. The number of ether oxygens (including phenoxy) is 1. The standard InChI is InChI=1S/C25H24Cl2N4O2/c1-16-2-4-17(5-3-16)15-33-21-10-7-18(8-11-21)23-13-24(30-29-23)25(32)31-28-14-19-6-9-20(26)12-22(19)27/h2-12,14,23-24,29-30H,13,15H2,1H3,(H,31,32)/b28-14+. The molecule has 170 valence electrons. The summed E-state index contributed by atoms with van der Waals surface area (Å²) in [5, 5.41) is 5.01. The lowest BCUT2D eigenvalue weighted by Gasteiger charge is -2.11. The van der Waals surface area contributed by atoms with E-state index in [1.165, 1.54) is 11.8 Å². The molecule has 1 aliphatic rings. The minimum absolute atomic E-state index is 0.00147. The third-order valence-corrected chi connectivity index (χ3v) is 5.93. The molecule has 2 unspecified atom stereocenters. The Bertz CT molecular complexity index is 1130. The first-order valence-electron chi connectivity index (χ1n) is 10.6. The number of benzene rings is 3. The fourth-order valence-electron chi connectivity index (χ4n) is 3.44. The van der Waals surface area contributed by atoms with Gasteiger partial charge in [-0.1, -0.05) is 71.2 Å². The van der Waals surface area contributed by atoms with Crippen LogP contribution in [0.2, 0.25) is 10.0 Å². The molecule has 0 saturated carbocycles. The first-order chi connectivity index (χ1) is 16.0. The summed E-state index contributed by atoms with van der Waals surface area (Å²) in [6.45, 7) is 2.58. The van der Waals surface area contributed by atoms with Crippen LogP contribution in [0, 0.1) is 6.92 Å². The summed E-state index contributed by atoms with van der Waals surface area (Å²) in [5.41, 5.74) is 12.8.